The predicted octanol–water partition coefficient (Wildman–Crippen LogP) is 2.92. The molecule has 2 aromatic rings. The molecule has 0 aliphatic rings. The summed E-state index contributed by atoms with van der Waals surface area (Å²) in [5.41, 5.74) is 1.66. The highest BCUT2D eigenvalue weighted by atomic mass is 19.1. The van der Waals surface area contributed by atoms with E-state index in [0.29, 0.717) is 12.4 Å². The van der Waals surface area contributed by atoms with Crippen LogP contribution >= 0.6 is 0 Å². The van der Waals surface area contributed by atoms with Crippen LogP contribution in [0.3, 0.4) is 0 Å². The van der Waals surface area contributed by atoms with Gasteiger partial charge in [-0.3, -0.25) is 0 Å². The van der Waals surface area contributed by atoms with Crippen LogP contribution in [0.25, 0.3) is 0 Å². The standard InChI is InChI=1S/C16H19FN2O2/c1-3-18-10-12-6-7-15(14(17)9-12)21-11-13-5-4-8-19-16(13)20-2/h4-9,18H,3,10-11H2,1-2H3. The number of halogens is 1. The lowest BCUT2D eigenvalue weighted by atomic mass is 10.2. The molecule has 1 heterocycles. The van der Waals surface area contributed by atoms with Crippen molar-refractivity contribution in [3.63, 3.8) is 0 Å². The maximum atomic E-state index is 14.0. The molecule has 0 saturated heterocycles. The molecule has 1 aromatic carbocycles. The van der Waals surface area contributed by atoms with E-state index in [1.165, 1.54) is 6.07 Å². The van der Waals surface area contributed by atoms with Gasteiger partial charge >= 0.3 is 0 Å². The van der Waals surface area contributed by atoms with Crippen molar-refractivity contribution >= 4 is 0 Å². The Hall–Kier alpha value is -2.14. The number of hydrogen-bond acceptors (Lipinski definition) is 4. The van der Waals surface area contributed by atoms with E-state index in [9.17, 15) is 4.39 Å². The van der Waals surface area contributed by atoms with Gasteiger partial charge < -0.3 is 14.8 Å². The third kappa shape index (κ3) is 4.16. The second-order valence-electron chi connectivity index (χ2n) is 4.51. The molecule has 0 amide bonds. The number of methoxy groups -OCH3 is 1. The van der Waals surface area contributed by atoms with Crippen LogP contribution in [-0.4, -0.2) is 18.6 Å². The Morgan fingerprint density at radius 2 is 2.14 bits per heavy atom. The summed E-state index contributed by atoms with van der Waals surface area (Å²) in [6.45, 7) is 3.71. The van der Waals surface area contributed by atoms with Gasteiger partial charge in [-0.05, 0) is 36.4 Å². The molecule has 0 fully saturated rings. The highest BCUT2D eigenvalue weighted by molar-refractivity contribution is 5.31. The Kier molecular flexibility index (Phi) is 5.51. The fraction of sp³-hybridized carbons (Fsp3) is 0.312. The second kappa shape index (κ2) is 7.59. The summed E-state index contributed by atoms with van der Waals surface area (Å²) < 4.78 is 24.6. The molecule has 5 heteroatoms. The van der Waals surface area contributed by atoms with E-state index in [-0.39, 0.29) is 18.2 Å². The predicted molar refractivity (Wildman–Crippen MR) is 78.9 cm³/mol. The van der Waals surface area contributed by atoms with E-state index in [1.54, 1.807) is 25.4 Å². The van der Waals surface area contributed by atoms with Gasteiger partial charge in [-0.1, -0.05) is 13.0 Å². The first-order chi connectivity index (χ1) is 10.2. The zero-order chi connectivity index (χ0) is 15.1. The number of rotatable bonds is 7. The molecule has 0 radical (unpaired) electrons. The van der Waals surface area contributed by atoms with E-state index < -0.39 is 0 Å². The lowest BCUT2D eigenvalue weighted by molar-refractivity contribution is 0.280. The summed E-state index contributed by atoms with van der Waals surface area (Å²) in [5, 5.41) is 3.15. The van der Waals surface area contributed by atoms with Crippen LogP contribution in [-0.2, 0) is 13.2 Å². The molecule has 0 atom stereocenters. The zero-order valence-corrected chi connectivity index (χ0v) is 12.2. The minimum atomic E-state index is -0.367. The van der Waals surface area contributed by atoms with Crippen molar-refractivity contribution in [2.75, 3.05) is 13.7 Å². The molecule has 2 rings (SSSR count). The average molecular weight is 290 g/mol. The quantitative estimate of drug-likeness (QED) is 0.851. The van der Waals surface area contributed by atoms with Crippen molar-refractivity contribution in [2.24, 2.45) is 0 Å². The van der Waals surface area contributed by atoms with E-state index in [0.717, 1.165) is 17.7 Å². The minimum absolute atomic E-state index is 0.209. The fourth-order valence-electron chi connectivity index (χ4n) is 1.91. The first-order valence-corrected chi connectivity index (χ1v) is 6.84. The fourth-order valence-corrected chi connectivity index (χ4v) is 1.91. The number of pyridine rings is 1. The Morgan fingerprint density at radius 3 is 2.86 bits per heavy atom. The van der Waals surface area contributed by atoms with E-state index in [1.807, 2.05) is 19.1 Å². The first-order valence-electron chi connectivity index (χ1n) is 6.84. The van der Waals surface area contributed by atoms with Crippen molar-refractivity contribution in [1.82, 2.24) is 10.3 Å². The lowest BCUT2D eigenvalue weighted by Crippen LogP contribution is -2.11. The maximum absolute atomic E-state index is 14.0. The van der Waals surface area contributed by atoms with Gasteiger partial charge in [0.15, 0.2) is 11.6 Å². The van der Waals surface area contributed by atoms with Gasteiger partial charge in [0.2, 0.25) is 5.88 Å². The van der Waals surface area contributed by atoms with Crippen molar-refractivity contribution < 1.29 is 13.9 Å². The number of ether oxygens (including phenoxy) is 2. The van der Waals surface area contributed by atoms with E-state index in [4.69, 9.17) is 9.47 Å². The SMILES string of the molecule is CCNCc1ccc(OCc2cccnc2OC)c(F)c1. The third-order valence-corrected chi connectivity index (χ3v) is 3.00. The summed E-state index contributed by atoms with van der Waals surface area (Å²) in [6, 6.07) is 8.60. The largest absolute Gasteiger partial charge is 0.486 e. The van der Waals surface area contributed by atoms with Crippen LogP contribution in [0.1, 0.15) is 18.1 Å². The minimum Gasteiger partial charge on any atom is -0.486 e. The lowest BCUT2D eigenvalue weighted by Gasteiger charge is -2.11. The molecular weight excluding hydrogens is 271 g/mol. The second-order valence-corrected chi connectivity index (χ2v) is 4.51. The summed E-state index contributed by atoms with van der Waals surface area (Å²) in [5.74, 6) is 0.344. The summed E-state index contributed by atoms with van der Waals surface area (Å²) in [6.07, 6.45) is 1.64. The Bertz CT molecular complexity index is 590. The normalized spacial score (nSPS) is 10.4. The van der Waals surface area contributed by atoms with Gasteiger partial charge in [0.1, 0.15) is 6.61 Å². The van der Waals surface area contributed by atoms with Gasteiger partial charge in [-0.2, -0.15) is 0 Å². The molecule has 0 aliphatic heterocycles. The van der Waals surface area contributed by atoms with Crippen LogP contribution in [0, 0.1) is 5.82 Å². The molecular formula is C16H19FN2O2. The summed E-state index contributed by atoms with van der Waals surface area (Å²) in [7, 11) is 1.54. The molecule has 0 bridgehead atoms. The maximum Gasteiger partial charge on any atom is 0.219 e. The van der Waals surface area contributed by atoms with Gasteiger partial charge in [0.05, 0.1) is 12.7 Å². The molecule has 4 nitrogen and oxygen atoms in total. The summed E-state index contributed by atoms with van der Waals surface area (Å²) in [4.78, 5) is 4.08. The van der Waals surface area contributed by atoms with Gasteiger partial charge in [-0.25, -0.2) is 9.37 Å². The third-order valence-electron chi connectivity index (χ3n) is 3.00. The van der Waals surface area contributed by atoms with Crippen LogP contribution in [0.4, 0.5) is 4.39 Å². The molecule has 1 aromatic heterocycles. The van der Waals surface area contributed by atoms with Gasteiger partial charge in [0.25, 0.3) is 0 Å². The highest BCUT2D eigenvalue weighted by Crippen LogP contribution is 2.21. The monoisotopic (exact) mass is 290 g/mol. The number of nitrogens with one attached hydrogen (secondary N) is 1. The average Bonchev–Trinajstić information content (AvgIpc) is 2.52. The van der Waals surface area contributed by atoms with Crippen LogP contribution in [0.2, 0.25) is 0 Å². The molecule has 0 spiro atoms. The van der Waals surface area contributed by atoms with Crippen LogP contribution < -0.4 is 14.8 Å². The highest BCUT2D eigenvalue weighted by Gasteiger charge is 2.08. The van der Waals surface area contributed by atoms with E-state index >= 15 is 0 Å². The topological polar surface area (TPSA) is 43.4 Å². The van der Waals surface area contributed by atoms with Crippen LogP contribution in [0.5, 0.6) is 11.6 Å². The number of nitrogens with zero attached hydrogens (tertiary/aromatic N) is 1. The van der Waals surface area contributed by atoms with Crippen molar-refractivity contribution in [1.29, 1.82) is 0 Å². The molecule has 0 unspecified atom stereocenters. The Morgan fingerprint density at radius 1 is 1.29 bits per heavy atom. The molecule has 0 saturated carbocycles. The Balaban J connectivity index is 2.03. The van der Waals surface area contributed by atoms with Crippen LogP contribution in [0.15, 0.2) is 36.5 Å². The molecule has 0 aliphatic carbocycles. The van der Waals surface area contributed by atoms with E-state index in [2.05, 4.69) is 10.3 Å². The van der Waals surface area contributed by atoms with Crippen molar-refractivity contribution in [3.05, 3.63) is 53.5 Å². The number of hydrogen-bond donors (Lipinski definition) is 1. The zero-order valence-electron chi connectivity index (χ0n) is 12.2. The molecule has 112 valence electrons. The smallest absolute Gasteiger partial charge is 0.219 e. The molecule has 21 heavy (non-hydrogen) atoms. The summed E-state index contributed by atoms with van der Waals surface area (Å²) >= 11 is 0. The number of aromatic nitrogens is 1. The Labute approximate surface area is 123 Å². The van der Waals surface area contributed by atoms with Gasteiger partial charge in [-0.15, -0.1) is 0 Å². The first kappa shape index (κ1) is 15.3. The molecule has 1 N–H and O–H groups in total. The van der Waals surface area contributed by atoms with Crippen molar-refractivity contribution in [3.8, 4) is 11.6 Å². The van der Waals surface area contributed by atoms with Gasteiger partial charge in [0, 0.05) is 12.7 Å². The number of benzene rings is 1. The van der Waals surface area contributed by atoms with Crippen molar-refractivity contribution in [2.45, 2.75) is 20.1 Å².